The SMILES string of the molecule is CCCc1cc2c(C(F)(F)F)noc2c(CCC)c1OOC(=O)Cc1ccc(OCc2ccccn2)cc1C. The van der Waals surface area contributed by atoms with Crippen molar-refractivity contribution in [2.24, 2.45) is 0 Å². The zero-order valence-electron chi connectivity index (χ0n) is 21.9. The fourth-order valence-corrected chi connectivity index (χ4v) is 4.30. The number of pyridine rings is 1. The molecule has 39 heavy (non-hydrogen) atoms. The van der Waals surface area contributed by atoms with Crippen LogP contribution in [0.1, 0.15) is 60.3 Å². The van der Waals surface area contributed by atoms with Crippen LogP contribution in [0.4, 0.5) is 13.2 Å². The lowest BCUT2D eigenvalue weighted by molar-refractivity contribution is -0.213. The lowest BCUT2D eigenvalue weighted by Crippen LogP contribution is -2.14. The third kappa shape index (κ3) is 6.68. The highest BCUT2D eigenvalue weighted by molar-refractivity contribution is 5.86. The number of fused-ring (bicyclic) bond motifs is 1. The third-order valence-electron chi connectivity index (χ3n) is 6.15. The number of nitrogens with zero attached hydrogens (tertiary/aromatic N) is 2. The molecule has 2 heterocycles. The van der Waals surface area contributed by atoms with Gasteiger partial charge < -0.3 is 9.26 Å². The van der Waals surface area contributed by atoms with Gasteiger partial charge in [0, 0.05) is 17.3 Å². The van der Waals surface area contributed by atoms with Gasteiger partial charge in [-0.25, -0.2) is 4.79 Å². The zero-order chi connectivity index (χ0) is 28.0. The van der Waals surface area contributed by atoms with Crippen LogP contribution in [0.15, 0.2) is 53.2 Å². The molecule has 0 unspecified atom stereocenters. The Kier molecular flexibility index (Phi) is 8.73. The molecule has 7 nitrogen and oxygen atoms in total. The van der Waals surface area contributed by atoms with Gasteiger partial charge in [0.25, 0.3) is 0 Å². The van der Waals surface area contributed by atoms with Crippen molar-refractivity contribution >= 4 is 16.9 Å². The van der Waals surface area contributed by atoms with Crippen molar-refractivity contribution in [3.8, 4) is 11.5 Å². The molecule has 0 amide bonds. The maximum atomic E-state index is 13.5. The number of aromatic nitrogens is 2. The van der Waals surface area contributed by atoms with Crippen LogP contribution in [0.2, 0.25) is 0 Å². The van der Waals surface area contributed by atoms with Gasteiger partial charge in [0.2, 0.25) is 0 Å². The topological polar surface area (TPSA) is 83.7 Å². The summed E-state index contributed by atoms with van der Waals surface area (Å²) in [7, 11) is 0. The van der Waals surface area contributed by atoms with Crippen molar-refractivity contribution < 1.29 is 37.0 Å². The third-order valence-corrected chi connectivity index (χ3v) is 6.15. The Hall–Kier alpha value is -4.08. The normalized spacial score (nSPS) is 11.5. The van der Waals surface area contributed by atoms with Crippen LogP contribution in [0.3, 0.4) is 0 Å². The molecule has 206 valence electrons. The summed E-state index contributed by atoms with van der Waals surface area (Å²) in [5.74, 6) is 0.178. The molecule has 2 aromatic carbocycles. The number of benzene rings is 2. The molecule has 4 rings (SSSR count). The number of rotatable bonds is 11. The van der Waals surface area contributed by atoms with Crippen LogP contribution in [-0.4, -0.2) is 16.1 Å². The average Bonchev–Trinajstić information content (AvgIpc) is 3.34. The molecule has 0 aliphatic rings. The minimum absolute atomic E-state index is 0.0211. The summed E-state index contributed by atoms with van der Waals surface area (Å²) < 4.78 is 51.4. The minimum atomic E-state index is -4.66. The number of carbonyl (C=O) groups is 1. The van der Waals surface area contributed by atoms with Gasteiger partial charge in [-0.15, -0.1) is 0 Å². The molecule has 4 aromatic rings. The van der Waals surface area contributed by atoms with Crippen LogP contribution in [0.25, 0.3) is 11.0 Å². The van der Waals surface area contributed by atoms with Crippen molar-refractivity contribution in [1.29, 1.82) is 0 Å². The smallest absolute Gasteiger partial charge is 0.437 e. The Morgan fingerprint density at radius 1 is 1.03 bits per heavy atom. The van der Waals surface area contributed by atoms with Crippen LogP contribution in [0, 0.1) is 6.92 Å². The Morgan fingerprint density at radius 3 is 2.49 bits per heavy atom. The molecule has 0 bridgehead atoms. The first-order valence-electron chi connectivity index (χ1n) is 12.7. The molecule has 0 atom stereocenters. The van der Waals surface area contributed by atoms with E-state index in [1.54, 1.807) is 18.3 Å². The van der Waals surface area contributed by atoms with Crippen LogP contribution < -0.4 is 9.62 Å². The second-order valence-electron chi connectivity index (χ2n) is 9.16. The van der Waals surface area contributed by atoms with Crippen LogP contribution in [0.5, 0.6) is 11.5 Å². The highest BCUT2D eigenvalue weighted by Gasteiger charge is 2.38. The Bertz CT molecular complexity index is 1430. The van der Waals surface area contributed by atoms with E-state index >= 15 is 0 Å². The van der Waals surface area contributed by atoms with Gasteiger partial charge in [-0.1, -0.05) is 44.0 Å². The largest absolute Gasteiger partial charge is 0.487 e. The summed E-state index contributed by atoms with van der Waals surface area (Å²) in [6.07, 6.45) is -1.02. The van der Waals surface area contributed by atoms with E-state index in [9.17, 15) is 18.0 Å². The molecule has 2 aromatic heterocycles. The molecule has 0 saturated carbocycles. The monoisotopic (exact) mass is 542 g/mol. The quantitative estimate of drug-likeness (QED) is 0.147. The maximum absolute atomic E-state index is 13.5. The van der Waals surface area contributed by atoms with E-state index in [1.165, 1.54) is 6.07 Å². The molecular formula is C29H29F3N2O5. The summed E-state index contributed by atoms with van der Waals surface area (Å²) in [6.45, 7) is 5.94. The first kappa shape index (κ1) is 27.9. The molecule has 10 heteroatoms. The van der Waals surface area contributed by atoms with Gasteiger partial charge >= 0.3 is 12.1 Å². The second kappa shape index (κ2) is 12.2. The van der Waals surface area contributed by atoms with Crippen molar-refractivity contribution in [2.75, 3.05) is 0 Å². The maximum Gasteiger partial charge on any atom is 0.437 e. The number of aryl methyl sites for hydroxylation is 3. The Labute approximate surface area is 223 Å². The summed E-state index contributed by atoms with van der Waals surface area (Å²) in [4.78, 5) is 27.6. The van der Waals surface area contributed by atoms with E-state index in [0.29, 0.717) is 49.2 Å². The lowest BCUT2D eigenvalue weighted by atomic mass is 9.98. The summed E-state index contributed by atoms with van der Waals surface area (Å²) in [5, 5.41) is 3.14. The molecular weight excluding hydrogens is 513 g/mol. The first-order chi connectivity index (χ1) is 18.7. The van der Waals surface area contributed by atoms with E-state index in [2.05, 4.69) is 10.1 Å². The van der Waals surface area contributed by atoms with Gasteiger partial charge in [-0.2, -0.15) is 13.2 Å². The number of hydrogen-bond acceptors (Lipinski definition) is 7. The highest BCUT2D eigenvalue weighted by atomic mass is 19.4. The molecule has 0 saturated heterocycles. The number of alkyl halides is 3. The van der Waals surface area contributed by atoms with Crippen LogP contribution in [-0.2, 0) is 41.7 Å². The number of halogens is 3. The van der Waals surface area contributed by atoms with E-state index in [0.717, 1.165) is 16.8 Å². The Balaban J connectivity index is 1.49. The van der Waals surface area contributed by atoms with Crippen LogP contribution >= 0.6 is 0 Å². The van der Waals surface area contributed by atoms with E-state index in [-0.39, 0.29) is 23.1 Å². The second-order valence-corrected chi connectivity index (χ2v) is 9.16. The van der Waals surface area contributed by atoms with Gasteiger partial charge in [0.1, 0.15) is 12.4 Å². The fraction of sp³-hybridized carbons (Fsp3) is 0.345. The summed E-state index contributed by atoms with van der Waals surface area (Å²) in [6, 6.07) is 12.3. The highest BCUT2D eigenvalue weighted by Crippen LogP contribution is 2.40. The predicted octanol–water partition coefficient (Wildman–Crippen LogP) is 7.11. The average molecular weight is 543 g/mol. The molecule has 0 aliphatic carbocycles. The number of hydrogen-bond donors (Lipinski definition) is 0. The van der Waals surface area contributed by atoms with Gasteiger partial charge in [-0.05, 0) is 61.2 Å². The molecule has 0 spiro atoms. The van der Waals surface area contributed by atoms with Gasteiger partial charge in [-0.3, -0.25) is 14.8 Å². The van der Waals surface area contributed by atoms with E-state index < -0.39 is 17.8 Å². The fourth-order valence-electron chi connectivity index (χ4n) is 4.30. The molecule has 0 radical (unpaired) electrons. The Morgan fingerprint density at radius 2 is 1.82 bits per heavy atom. The van der Waals surface area contributed by atoms with Crippen molar-refractivity contribution in [3.63, 3.8) is 0 Å². The van der Waals surface area contributed by atoms with Gasteiger partial charge in [0.05, 0.1) is 17.5 Å². The lowest BCUT2D eigenvalue weighted by Gasteiger charge is -2.15. The van der Waals surface area contributed by atoms with Gasteiger partial charge in [0.15, 0.2) is 17.0 Å². The molecule has 0 N–H and O–H groups in total. The van der Waals surface area contributed by atoms with Crippen molar-refractivity contribution in [3.05, 3.63) is 82.3 Å². The summed E-state index contributed by atoms with van der Waals surface area (Å²) in [5.41, 5.74) is 2.11. The van der Waals surface area contributed by atoms with Crippen molar-refractivity contribution in [2.45, 2.75) is 65.7 Å². The molecule has 0 aliphatic heterocycles. The van der Waals surface area contributed by atoms with Crippen molar-refractivity contribution in [1.82, 2.24) is 10.1 Å². The summed E-state index contributed by atoms with van der Waals surface area (Å²) >= 11 is 0. The first-order valence-corrected chi connectivity index (χ1v) is 12.7. The predicted molar refractivity (Wildman–Crippen MR) is 137 cm³/mol. The zero-order valence-corrected chi connectivity index (χ0v) is 21.9. The van der Waals surface area contributed by atoms with E-state index in [1.807, 2.05) is 45.0 Å². The molecule has 0 fully saturated rings. The minimum Gasteiger partial charge on any atom is -0.487 e. The van der Waals surface area contributed by atoms with E-state index in [4.69, 9.17) is 19.0 Å². The standard InChI is InChI=1S/C29H29F3N2O5/c1-4-8-20-15-24-27(37-34-28(24)29(30,31)32)23(9-5-2)26(20)39-38-25(35)16-19-11-12-22(14-18(19)3)36-17-21-10-6-7-13-33-21/h6-7,10-15H,4-5,8-9,16-17H2,1-3H3. The number of ether oxygens (including phenoxy) is 1. The number of carbonyl (C=O) groups excluding carboxylic acids is 1.